The van der Waals surface area contributed by atoms with E-state index in [0.29, 0.717) is 18.7 Å². The average molecular weight is 412 g/mol. The molecule has 9 heteroatoms. The van der Waals surface area contributed by atoms with E-state index >= 15 is 0 Å². The summed E-state index contributed by atoms with van der Waals surface area (Å²) in [5.41, 5.74) is -0.290. The van der Waals surface area contributed by atoms with Crippen LogP contribution in [0.4, 0.5) is 18.9 Å². The van der Waals surface area contributed by atoms with Crippen molar-refractivity contribution in [1.29, 1.82) is 0 Å². The third-order valence-electron chi connectivity index (χ3n) is 4.60. The lowest BCUT2D eigenvalue weighted by Crippen LogP contribution is -2.28. The van der Waals surface area contributed by atoms with Gasteiger partial charge in [0.05, 0.1) is 10.5 Å². The Morgan fingerprint density at radius 2 is 1.75 bits per heavy atom. The largest absolute Gasteiger partial charge is 0.416 e. The fraction of sp³-hybridized carbons (Fsp3) is 0.316. The number of anilines is 1. The zero-order valence-corrected chi connectivity index (χ0v) is 15.9. The van der Waals surface area contributed by atoms with Crippen molar-refractivity contribution in [2.75, 3.05) is 18.4 Å². The van der Waals surface area contributed by atoms with Gasteiger partial charge < -0.3 is 5.32 Å². The van der Waals surface area contributed by atoms with Crippen LogP contribution in [0.2, 0.25) is 0 Å². The molecule has 2 aromatic rings. The van der Waals surface area contributed by atoms with E-state index in [2.05, 4.69) is 5.32 Å². The Balaban J connectivity index is 1.88. The summed E-state index contributed by atoms with van der Waals surface area (Å²) in [5.74, 6) is -0.671. The highest BCUT2D eigenvalue weighted by atomic mass is 32.2. The van der Waals surface area contributed by atoms with E-state index in [1.807, 2.05) is 0 Å². The number of carbonyl (C=O) groups is 1. The minimum absolute atomic E-state index is 0.00538. The van der Waals surface area contributed by atoms with Crippen LogP contribution in [0.3, 0.4) is 0 Å². The minimum Gasteiger partial charge on any atom is -0.322 e. The summed E-state index contributed by atoms with van der Waals surface area (Å²) in [6, 6.07) is 8.50. The summed E-state index contributed by atoms with van der Waals surface area (Å²) in [4.78, 5) is 12.6. The topological polar surface area (TPSA) is 66.5 Å². The molecule has 0 radical (unpaired) electrons. The molecule has 1 fully saturated rings. The van der Waals surface area contributed by atoms with Crippen molar-refractivity contribution < 1.29 is 26.4 Å². The molecule has 2 aromatic carbocycles. The van der Waals surface area contributed by atoms with Crippen molar-refractivity contribution >= 4 is 21.6 Å². The Morgan fingerprint density at radius 3 is 2.39 bits per heavy atom. The van der Waals surface area contributed by atoms with Gasteiger partial charge in [-0.05, 0) is 55.7 Å². The number of benzene rings is 2. The van der Waals surface area contributed by atoms with Crippen LogP contribution in [0, 0.1) is 6.92 Å². The van der Waals surface area contributed by atoms with Gasteiger partial charge in [-0.25, -0.2) is 8.42 Å². The maximum Gasteiger partial charge on any atom is 0.416 e. The maximum absolute atomic E-state index is 12.8. The van der Waals surface area contributed by atoms with Crippen molar-refractivity contribution in [2.45, 2.75) is 30.8 Å². The molecule has 1 saturated heterocycles. The van der Waals surface area contributed by atoms with Crippen LogP contribution in [0.15, 0.2) is 47.4 Å². The molecular formula is C19H19F3N2O3S. The number of alkyl halides is 3. The summed E-state index contributed by atoms with van der Waals surface area (Å²) in [5, 5.41) is 2.41. The molecule has 0 saturated carbocycles. The van der Waals surface area contributed by atoms with Gasteiger partial charge in [0.15, 0.2) is 0 Å². The molecule has 0 spiro atoms. The van der Waals surface area contributed by atoms with Crippen molar-refractivity contribution in [3.8, 4) is 0 Å². The number of carbonyl (C=O) groups excluding carboxylic acids is 1. The lowest BCUT2D eigenvalue weighted by atomic mass is 10.1. The Morgan fingerprint density at radius 1 is 1.07 bits per heavy atom. The van der Waals surface area contributed by atoms with Gasteiger partial charge in [-0.15, -0.1) is 0 Å². The molecule has 5 nitrogen and oxygen atoms in total. The molecule has 0 aliphatic carbocycles. The van der Waals surface area contributed by atoms with E-state index in [9.17, 15) is 26.4 Å². The smallest absolute Gasteiger partial charge is 0.322 e. The predicted molar refractivity (Wildman–Crippen MR) is 98.6 cm³/mol. The van der Waals surface area contributed by atoms with Gasteiger partial charge in [-0.1, -0.05) is 12.1 Å². The summed E-state index contributed by atoms with van der Waals surface area (Å²) in [6.45, 7) is 2.50. The van der Waals surface area contributed by atoms with Gasteiger partial charge in [0, 0.05) is 24.3 Å². The van der Waals surface area contributed by atoms with Crippen molar-refractivity contribution in [2.24, 2.45) is 0 Å². The zero-order valence-electron chi connectivity index (χ0n) is 15.1. The second-order valence-corrected chi connectivity index (χ2v) is 8.56. The van der Waals surface area contributed by atoms with Gasteiger partial charge >= 0.3 is 6.18 Å². The number of halogens is 3. The number of hydrogen-bond donors (Lipinski definition) is 1. The summed E-state index contributed by atoms with van der Waals surface area (Å²) >= 11 is 0. The second kappa shape index (κ2) is 7.56. The van der Waals surface area contributed by atoms with Crippen molar-refractivity contribution in [3.63, 3.8) is 0 Å². The quantitative estimate of drug-likeness (QED) is 0.824. The third kappa shape index (κ3) is 4.20. The Labute approximate surface area is 161 Å². The average Bonchev–Trinajstić information content (AvgIpc) is 3.17. The Bertz CT molecular complexity index is 998. The summed E-state index contributed by atoms with van der Waals surface area (Å²) in [6.07, 6.45) is -2.96. The number of nitrogens with one attached hydrogen (secondary N) is 1. The van der Waals surface area contributed by atoms with Gasteiger partial charge in [0.1, 0.15) is 0 Å². The van der Waals surface area contributed by atoms with Gasteiger partial charge in [0.2, 0.25) is 10.0 Å². The summed E-state index contributed by atoms with van der Waals surface area (Å²) in [7, 11) is -3.71. The molecule has 1 aliphatic rings. The van der Waals surface area contributed by atoms with Crippen LogP contribution in [0.1, 0.15) is 34.3 Å². The van der Waals surface area contributed by atoms with E-state index in [0.717, 1.165) is 25.0 Å². The number of aryl methyl sites for hydroxylation is 1. The number of amides is 1. The number of nitrogens with zero attached hydrogens (tertiary/aromatic N) is 1. The SMILES string of the molecule is Cc1ccc(S(=O)(=O)N2CCCC2)cc1C(=O)Nc1cccc(C(F)(F)F)c1. The van der Waals surface area contributed by atoms with Crippen LogP contribution in [0.5, 0.6) is 0 Å². The second-order valence-electron chi connectivity index (χ2n) is 6.62. The van der Waals surface area contributed by atoms with Crippen LogP contribution in [-0.2, 0) is 16.2 Å². The minimum atomic E-state index is -4.53. The zero-order chi connectivity index (χ0) is 20.5. The van der Waals surface area contributed by atoms with Gasteiger partial charge in [-0.3, -0.25) is 4.79 Å². The molecule has 0 unspecified atom stereocenters. The first-order valence-electron chi connectivity index (χ1n) is 8.68. The molecule has 1 aliphatic heterocycles. The normalized spacial score (nSPS) is 15.6. The lowest BCUT2D eigenvalue weighted by molar-refractivity contribution is -0.137. The third-order valence-corrected chi connectivity index (χ3v) is 6.50. The predicted octanol–water partition coefficient (Wildman–Crippen LogP) is 4.05. The summed E-state index contributed by atoms with van der Waals surface area (Å²) < 4.78 is 65.3. The molecule has 1 heterocycles. The standard InChI is InChI=1S/C19H19F3N2O3S/c1-13-7-8-16(28(26,27)24-9-2-3-10-24)12-17(13)18(25)23-15-6-4-5-14(11-15)19(20,21)22/h4-8,11-12H,2-3,9-10H2,1H3,(H,23,25). The van der Waals surface area contributed by atoms with E-state index in [4.69, 9.17) is 0 Å². The highest BCUT2D eigenvalue weighted by molar-refractivity contribution is 7.89. The van der Waals surface area contributed by atoms with Crippen LogP contribution < -0.4 is 5.32 Å². The molecule has 28 heavy (non-hydrogen) atoms. The fourth-order valence-corrected chi connectivity index (χ4v) is 4.60. The first-order valence-corrected chi connectivity index (χ1v) is 10.1. The first-order chi connectivity index (χ1) is 13.1. The Kier molecular flexibility index (Phi) is 5.49. The molecule has 0 aromatic heterocycles. The Hall–Kier alpha value is -2.39. The van der Waals surface area contributed by atoms with E-state index in [1.54, 1.807) is 6.92 Å². The molecule has 150 valence electrons. The highest BCUT2D eigenvalue weighted by Crippen LogP contribution is 2.31. The van der Waals surface area contributed by atoms with Gasteiger partial charge in [0.25, 0.3) is 5.91 Å². The first kappa shape index (κ1) is 20.3. The molecule has 1 N–H and O–H groups in total. The molecule has 0 atom stereocenters. The number of sulfonamides is 1. The van der Waals surface area contributed by atoms with Crippen molar-refractivity contribution in [3.05, 3.63) is 59.2 Å². The monoisotopic (exact) mass is 412 g/mol. The van der Waals surface area contributed by atoms with Crippen LogP contribution in [0.25, 0.3) is 0 Å². The molecule has 3 rings (SSSR count). The van der Waals surface area contributed by atoms with Gasteiger partial charge in [-0.2, -0.15) is 17.5 Å². The van der Waals surface area contributed by atoms with E-state index < -0.39 is 27.7 Å². The van der Waals surface area contributed by atoms with Crippen molar-refractivity contribution in [1.82, 2.24) is 4.31 Å². The fourth-order valence-electron chi connectivity index (χ4n) is 3.06. The molecular weight excluding hydrogens is 393 g/mol. The van der Waals surface area contributed by atoms with Crippen LogP contribution in [-0.4, -0.2) is 31.7 Å². The molecule has 0 bridgehead atoms. The number of rotatable bonds is 4. The lowest BCUT2D eigenvalue weighted by Gasteiger charge is -2.17. The number of hydrogen-bond acceptors (Lipinski definition) is 3. The highest BCUT2D eigenvalue weighted by Gasteiger charge is 2.31. The molecule has 1 amide bonds. The van der Waals surface area contributed by atoms with E-state index in [-0.39, 0.29) is 16.1 Å². The van der Waals surface area contributed by atoms with E-state index in [1.165, 1.54) is 34.6 Å². The van der Waals surface area contributed by atoms with Crippen LogP contribution >= 0.6 is 0 Å². The maximum atomic E-state index is 12.8.